The summed E-state index contributed by atoms with van der Waals surface area (Å²) >= 11 is 7.05. The zero-order valence-corrected chi connectivity index (χ0v) is 14.0. The van der Waals surface area contributed by atoms with Gasteiger partial charge in [-0.05, 0) is 41.3 Å². The second kappa shape index (κ2) is 5.30. The Balaban J connectivity index is 1.82. The van der Waals surface area contributed by atoms with Gasteiger partial charge >= 0.3 is 0 Å². The third kappa shape index (κ3) is 2.17. The highest BCUT2D eigenvalue weighted by molar-refractivity contribution is 9.10. The summed E-state index contributed by atoms with van der Waals surface area (Å²) in [4.78, 5) is 11.1. The van der Waals surface area contributed by atoms with E-state index in [4.69, 9.17) is 4.74 Å². The van der Waals surface area contributed by atoms with E-state index >= 15 is 0 Å². The van der Waals surface area contributed by atoms with Gasteiger partial charge in [-0.3, -0.25) is 10.1 Å². The third-order valence-corrected chi connectivity index (χ3v) is 6.71. The van der Waals surface area contributed by atoms with Crippen LogP contribution in [-0.4, -0.2) is 15.9 Å². The van der Waals surface area contributed by atoms with Gasteiger partial charge in [-0.2, -0.15) is 0 Å². The number of nitro groups is 1. The van der Waals surface area contributed by atoms with Crippen LogP contribution < -0.4 is 4.74 Å². The molecule has 0 N–H and O–H groups in total. The van der Waals surface area contributed by atoms with Crippen molar-refractivity contribution in [1.29, 1.82) is 0 Å². The fraction of sp³-hybridized carbons (Fsp3) is 0.571. The minimum absolute atomic E-state index is 0.0534. The molecule has 3 rings (SSSR count). The Labute approximate surface area is 134 Å². The Morgan fingerprint density at radius 2 is 2.05 bits per heavy atom. The fourth-order valence-corrected chi connectivity index (χ4v) is 5.01. The lowest BCUT2D eigenvalue weighted by Crippen LogP contribution is -2.55. The monoisotopic (exact) mass is 403 g/mol. The molecule has 20 heavy (non-hydrogen) atoms. The van der Waals surface area contributed by atoms with Crippen molar-refractivity contribution in [2.75, 3.05) is 0 Å². The standard InChI is InChI=1S/C14H15Br2NO3/c15-11-8-12(14(11)6-1-2-7-14)20-10-5-3-4-9(13(10)16)17(18)19/h3-5,11-12H,1-2,6-8H2. The number of nitro benzene ring substituents is 1. The molecule has 0 bridgehead atoms. The van der Waals surface area contributed by atoms with Crippen LogP contribution in [-0.2, 0) is 0 Å². The lowest BCUT2D eigenvalue weighted by molar-refractivity contribution is -0.385. The predicted octanol–water partition coefficient (Wildman–Crippen LogP) is 4.83. The second-order valence-corrected chi connectivity index (χ2v) is 7.49. The molecule has 0 saturated heterocycles. The summed E-state index contributed by atoms with van der Waals surface area (Å²) in [5.74, 6) is 0.579. The van der Waals surface area contributed by atoms with Crippen molar-refractivity contribution >= 4 is 37.5 Å². The Kier molecular flexibility index (Phi) is 3.79. The number of nitrogens with zero attached hydrogens (tertiary/aromatic N) is 1. The van der Waals surface area contributed by atoms with E-state index in [1.54, 1.807) is 12.1 Å². The smallest absolute Gasteiger partial charge is 0.287 e. The first-order valence-corrected chi connectivity index (χ1v) is 8.49. The maximum absolute atomic E-state index is 11.0. The second-order valence-electron chi connectivity index (χ2n) is 5.60. The molecule has 4 nitrogen and oxygen atoms in total. The highest BCUT2D eigenvalue weighted by atomic mass is 79.9. The van der Waals surface area contributed by atoms with Crippen LogP contribution in [0.25, 0.3) is 0 Å². The van der Waals surface area contributed by atoms with Crippen molar-refractivity contribution in [3.05, 3.63) is 32.8 Å². The summed E-state index contributed by atoms with van der Waals surface area (Å²) < 4.78 is 6.54. The lowest BCUT2D eigenvalue weighted by atomic mass is 9.64. The SMILES string of the molecule is O=[N+]([O-])c1cccc(OC2CC(Br)C23CCCC3)c1Br. The van der Waals surface area contributed by atoms with Crippen molar-refractivity contribution in [2.45, 2.75) is 43.0 Å². The molecule has 108 valence electrons. The Bertz CT molecular complexity index is 543. The predicted molar refractivity (Wildman–Crippen MR) is 83.4 cm³/mol. The molecule has 1 spiro atoms. The van der Waals surface area contributed by atoms with Gasteiger partial charge in [0.25, 0.3) is 5.69 Å². The summed E-state index contributed by atoms with van der Waals surface area (Å²) in [5.41, 5.74) is 0.280. The third-order valence-electron chi connectivity index (χ3n) is 4.63. The van der Waals surface area contributed by atoms with Gasteiger partial charge in [-0.1, -0.05) is 34.8 Å². The van der Waals surface area contributed by atoms with Gasteiger partial charge in [0.15, 0.2) is 0 Å². The zero-order chi connectivity index (χ0) is 14.3. The molecule has 0 aromatic heterocycles. The molecule has 1 aromatic carbocycles. The molecule has 2 atom stereocenters. The molecule has 2 aliphatic carbocycles. The van der Waals surface area contributed by atoms with E-state index in [9.17, 15) is 10.1 Å². The number of benzene rings is 1. The summed E-state index contributed by atoms with van der Waals surface area (Å²) in [6.45, 7) is 0. The van der Waals surface area contributed by atoms with E-state index in [0.717, 1.165) is 6.42 Å². The number of hydrogen-bond acceptors (Lipinski definition) is 3. The molecule has 1 aromatic rings. The van der Waals surface area contributed by atoms with E-state index in [-0.39, 0.29) is 17.2 Å². The van der Waals surface area contributed by atoms with E-state index in [2.05, 4.69) is 31.9 Å². The average molecular weight is 405 g/mol. The minimum atomic E-state index is -0.393. The maximum Gasteiger partial charge on any atom is 0.287 e. The number of halogens is 2. The molecule has 0 radical (unpaired) electrons. The Hall–Kier alpha value is -0.620. The largest absolute Gasteiger partial charge is 0.488 e. The molecule has 2 fully saturated rings. The van der Waals surface area contributed by atoms with Crippen molar-refractivity contribution in [3.8, 4) is 5.75 Å². The molecule has 0 heterocycles. The zero-order valence-electron chi connectivity index (χ0n) is 10.9. The summed E-state index contributed by atoms with van der Waals surface area (Å²) in [6, 6.07) is 4.95. The van der Waals surface area contributed by atoms with E-state index in [1.807, 2.05) is 0 Å². The first-order valence-electron chi connectivity index (χ1n) is 6.78. The van der Waals surface area contributed by atoms with Crippen LogP contribution in [0.15, 0.2) is 22.7 Å². The first kappa shape index (κ1) is 14.3. The first-order chi connectivity index (χ1) is 9.54. The molecule has 2 saturated carbocycles. The molecule has 0 aliphatic heterocycles. The van der Waals surface area contributed by atoms with Gasteiger partial charge in [-0.15, -0.1) is 0 Å². The summed E-state index contributed by atoms with van der Waals surface area (Å²) in [5, 5.41) is 11.0. The highest BCUT2D eigenvalue weighted by Gasteiger charge is 2.56. The average Bonchev–Trinajstić information content (AvgIpc) is 2.92. The van der Waals surface area contributed by atoms with Gasteiger partial charge in [0.1, 0.15) is 16.3 Å². The molecular formula is C14H15Br2NO3. The van der Waals surface area contributed by atoms with E-state index in [1.165, 1.54) is 31.7 Å². The van der Waals surface area contributed by atoms with Gasteiger partial charge in [-0.25, -0.2) is 0 Å². The van der Waals surface area contributed by atoms with Crippen LogP contribution in [0, 0.1) is 15.5 Å². The summed E-state index contributed by atoms with van der Waals surface area (Å²) in [7, 11) is 0. The van der Waals surface area contributed by atoms with Crippen LogP contribution in [0.4, 0.5) is 5.69 Å². The van der Waals surface area contributed by atoms with Crippen molar-refractivity contribution < 1.29 is 9.66 Å². The van der Waals surface area contributed by atoms with Crippen molar-refractivity contribution in [3.63, 3.8) is 0 Å². The molecule has 2 aliphatic rings. The normalized spacial score (nSPS) is 27.3. The van der Waals surface area contributed by atoms with Crippen LogP contribution in [0.3, 0.4) is 0 Å². The fourth-order valence-electron chi connectivity index (χ4n) is 3.42. The number of rotatable bonds is 3. The quantitative estimate of drug-likeness (QED) is 0.411. The van der Waals surface area contributed by atoms with Crippen LogP contribution >= 0.6 is 31.9 Å². The number of alkyl halides is 1. The van der Waals surface area contributed by atoms with E-state index < -0.39 is 4.92 Å². The lowest BCUT2D eigenvalue weighted by Gasteiger charge is -2.51. The van der Waals surface area contributed by atoms with Gasteiger partial charge in [0.2, 0.25) is 0 Å². The maximum atomic E-state index is 11.0. The van der Waals surface area contributed by atoms with Crippen molar-refractivity contribution in [2.24, 2.45) is 5.41 Å². The Morgan fingerprint density at radius 1 is 1.35 bits per heavy atom. The van der Waals surface area contributed by atoms with Crippen molar-refractivity contribution in [1.82, 2.24) is 0 Å². The van der Waals surface area contributed by atoms with Gasteiger partial charge < -0.3 is 4.74 Å². The highest BCUT2D eigenvalue weighted by Crippen LogP contribution is 2.58. The van der Waals surface area contributed by atoms with Crippen LogP contribution in [0.5, 0.6) is 5.75 Å². The van der Waals surface area contributed by atoms with Gasteiger partial charge in [0, 0.05) is 16.3 Å². The minimum Gasteiger partial charge on any atom is -0.488 e. The molecule has 0 amide bonds. The number of hydrogen-bond donors (Lipinski definition) is 0. The van der Waals surface area contributed by atoms with Crippen LogP contribution in [0.2, 0.25) is 0 Å². The van der Waals surface area contributed by atoms with Crippen LogP contribution in [0.1, 0.15) is 32.1 Å². The molecule has 6 heteroatoms. The van der Waals surface area contributed by atoms with Gasteiger partial charge in [0.05, 0.1) is 4.92 Å². The van der Waals surface area contributed by atoms with E-state index in [0.29, 0.717) is 15.0 Å². The molecule has 2 unspecified atom stereocenters. The number of ether oxygens (including phenoxy) is 1. The topological polar surface area (TPSA) is 52.4 Å². The molecular weight excluding hydrogens is 390 g/mol. The Morgan fingerprint density at radius 3 is 2.65 bits per heavy atom. The summed E-state index contributed by atoms with van der Waals surface area (Å²) in [6.07, 6.45) is 5.98.